The number of hydrogen-bond donors (Lipinski definition) is 5. The standard InChI is InChI=1S/C24H24Cl2FN5O6S2/c25-15-2-4-18(31-24(39)30-17-3-1-13(27)10-16(17)26)21(35)22(15)40(37,38)32(14-6-8-29-20(34)11-14)23(36)12-5-7-28-19(33)9-12/h1-4,10,12,14,35H,5-9,11H2,(H,28,33)(H,29,34)(H2,30,31,39). The van der Waals surface area contributed by atoms with Gasteiger partial charge in [-0.05, 0) is 55.4 Å². The van der Waals surface area contributed by atoms with E-state index in [1.54, 1.807) is 0 Å². The van der Waals surface area contributed by atoms with E-state index in [2.05, 4.69) is 21.3 Å². The fraction of sp³-hybridized carbons (Fsp3) is 0.333. The number of amides is 3. The summed E-state index contributed by atoms with van der Waals surface area (Å²) in [6.45, 7) is 0.309. The monoisotopic (exact) mass is 631 g/mol. The second-order valence-corrected chi connectivity index (χ2v) is 12.1. The molecular formula is C24H24Cl2FN5O6S2. The smallest absolute Gasteiger partial charge is 0.272 e. The summed E-state index contributed by atoms with van der Waals surface area (Å²) in [4.78, 5) is 37.0. The number of nitrogens with one attached hydrogen (secondary N) is 4. The maximum atomic E-state index is 14.1. The van der Waals surface area contributed by atoms with Gasteiger partial charge in [-0.25, -0.2) is 17.1 Å². The van der Waals surface area contributed by atoms with Gasteiger partial charge in [0, 0.05) is 31.8 Å². The number of carbonyl (C=O) groups is 3. The van der Waals surface area contributed by atoms with Crippen LogP contribution in [0.3, 0.4) is 0 Å². The van der Waals surface area contributed by atoms with E-state index in [0.717, 1.165) is 12.1 Å². The molecule has 2 aromatic carbocycles. The Hall–Kier alpha value is -3.20. The van der Waals surface area contributed by atoms with Gasteiger partial charge in [0.25, 0.3) is 10.0 Å². The zero-order valence-corrected chi connectivity index (χ0v) is 23.8. The van der Waals surface area contributed by atoms with Gasteiger partial charge in [-0.3, -0.25) is 14.4 Å². The summed E-state index contributed by atoms with van der Waals surface area (Å²) in [6, 6.07) is 4.93. The van der Waals surface area contributed by atoms with Crippen molar-refractivity contribution in [2.75, 3.05) is 23.7 Å². The Morgan fingerprint density at radius 3 is 2.27 bits per heavy atom. The van der Waals surface area contributed by atoms with Crippen molar-refractivity contribution in [1.82, 2.24) is 14.9 Å². The van der Waals surface area contributed by atoms with Crippen LogP contribution in [0.5, 0.6) is 5.75 Å². The normalized spacial score (nSPS) is 19.3. The highest BCUT2D eigenvalue weighted by Gasteiger charge is 2.44. The number of rotatable bonds is 6. The van der Waals surface area contributed by atoms with Crippen molar-refractivity contribution < 1.29 is 32.3 Å². The first kappa shape index (κ1) is 29.8. The lowest BCUT2D eigenvalue weighted by Crippen LogP contribution is -2.53. The molecule has 4 rings (SSSR count). The molecule has 40 heavy (non-hydrogen) atoms. The third-order valence-corrected chi connectivity index (χ3v) is 9.26. The summed E-state index contributed by atoms with van der Waals surface area (Å²) in [5.41, 5.74) is 0.0651. The van der Waals surface area contributed by atoms with Crippen LogP contribution in [0, 0.1) is 11.7 Å². The lowest BCUT2D eigenvalue weighted by Gasteiger charge is -2.36. The van der Waals surface area contributed by atoms with Crippen LogP contribution in [0.4, 0.5) is 15.8 Å². The molecule has 0 spiro atoms. The van der Waals surface area contributed by atoms with Gasteiger partial charge < -0.3 is 26.4 Å². The number of aromatic hydroxyl groups is 1. The zero-order chi connectivity index (χ0) is 29.2. The van der Waals surface area contributed by atoms with E-state index in [1.165, 1.54) is 18.2 Å². The van der Waals surface area contributed by atoms with Crippen molar-refractivity contribution >= 4 is 79.7 Å². The number of thiocarbonyl (C=S) groups is 1. The Kier molecular flexibility index (Phi) is 9.02. The Morgan fingerprint density at radius 1 is 1.00 bits per heavy atom. The summed E-state index contributed by atoms with van der Waals surface area (Å²) >= 11 is 17.5. The molecule has 2 atom stereocenters. The van der Waals surface area contributed by atoms with Crippen LogP contribution >= 0.6 is 35.4 Å². The molecule has 0 aliphatic carbocycles. The van der Waals surface area contributed by atoms with Crippen LogP contribution in [0.1, 0.15) is 25.7 Å². The predicted molar refractivity (Wildman–Crippen MR) is 150 cm³/mol. The van der Waals surface area contributed by atoms with E-state index in [0.29, 0.717) is 4.31 Å². The number of benzene rings is 2. The SMILES string of the molecule is O=C1CC(C(=O)N(C2CCNC(=O)C2)S(=O)(=O)c2c(Cl)ccc(NC(=S)Nc3ccc(F)cc3Cl)c2O)CCN1. The van der Waals surface area contributed by atoms with Crippen LogP contribution in [0.2, 0.25) is 10.0 Å². The molecule has 0 aromatic heterocycles. The van der Waals surface area contributed by atoms with Crippen molar-refractivity contribution in [3.05, 3.63) is 46.2 Å². The van der Waals surface area contributed by atoms with E-state index in [9.17, 15) is 32.3 Å². The molecule has 0 radical (unpaired) electrons. The average Bonchev–Trinajstić information content (AvgIpc) is 2.87. The van der Waals surface area contributed by atoms with Crippen LogP contribution in [0.15, 0.2) is 35.2 Å². The van der Waals surface area contributed by atoms with Gasteiger partial charge >= 0.3 is 0 Å². The molecule has 2 aromatic rings. The molecule has 2 aliphatic rings. The summed E-state index contributed by atoms with van der Waals surface area (Å²) in [5.74, 6) is -4.08. The number of anilines is 2. The van der Waals surface area contributed by atoms with Gasteiger partial charge in [0.2, 0.25) is 17.7 Å². The van der Waals surface area contributed by atoms with Crippen LogP contribution < -0.4 is 21.3 Å². The van der Waals surface area contributed by atoms with Crippen molar-refractivity contribution in [1.29, 1.82) is 0 Å². The maximum Gasteiger partial charge on any atom is 0.272 e. The van der Waals surface area contributed by atoms with Gasteiger partial charge in [-0.2, -0.15) is 0 Å². The topological polar surface area (TPSA) is 157 Å². The third kappa shape index (κ3) is 6.40. The number of phenolic OH excluding ortho intramolecular Hbond substituents is 1. The van der Waals surface area contributed by atoms with Crippen molar-refractivity contribution in [2.24, 2.45) is 5.92 Å². The number of halogens is 3. The van der Waals surface area contributed by atoms with Crippen LogP contribution in [-0.4, -0.2) is 59.8 Å². The Bertz CT molecular complexity index is 1490. The Labute approximate surface area is 244 Å². The molecule has 5 N–H and O–H groups in total. The minimum atomic E-state index is -4.86. The van der Waals surface area contributed by atoms with E-state index < -0.39 is 56.2 Å². The molecule has 0 bridgehead atoms. The lowest BCUT2D eigenvalue weighted by molar-refractivity contribution is -0.138. The molecule has 214 valence electrons. The minimum Gasteiger partial charge on any atom is -0.504 e. The quantitative estimate of drug-likeness (QED) is 0.239. The Morgan fingerprint density at radius 2 is 1.62 bits per heavy atom. The molecule has 11 nitrogen and oxygen atoms in total. The molecular weight excluding hydrogens is 608 g/mol. The largest absolute Gasteiger partial charge is 0.504 e. The number of hydrogen-bond acceptors (Lipinski definition) is 7. The molecule has 2 fully saturated rings. The highest BCUT2D eigenvalue weighted by atomic mass is 35.5. The van der Waals surface area contributed by atoms with Crippen LogP contribution in [-0.2, 0) is 24.4 Å². The van der Waals surface area contributed by atoms with Gasteiger partial charge in [0.05, 0.1) is 27.5 Å². The molecule has 2 aliphatic heterocycles. The molecule has 2 heterocycles. The molecule has 2 unspecified atom stereocenters. The summed E-state index contributed by atoms with van der Waals surface area (Å²) < 4.78 is 42.0. The Balaban J connectivity index is 1.69. The van der Waals surface area contributed by atoms with Gasteiger partial charge in [-0.15, -0.1) is 0 Å². The molecule has 3 amide bonds. The zero-order valence-electron chi connectivity index (χ0n) is 20.7. The predicted octanol–water partition coefficient (Wildman–Crippen LogP) is 2.97. The summed E-state index contributed by atoms with van der Waals surface area (Å²) in [7, 11) is -4.86. The minimum absolute atomic E-state index is 0.0230. The van der Waals surface area contributed by atoms with E-state index >= 15 is 0 Å². The first-order valence-electron chi connectivity index (χ1n) is 12.0. The van der Waals surface area contributed by atoms with Crippen molar-refractivity contribution in [3.8, 4) is 5.75 Å². The van der Waals surface area contributed by atoms with E-state index in [1.807, 2.05) is 0 Å². The average molecular weight is 633 g/mol. The molecule has 0 saturated carbocycles. The first-order valence-corrected chi connectivity index (χ1v) is 14.6. The van der Waals surface area contributed by atoms with E-state index in [-0.39, 0.29) is 65.3 Å². The highest BCUT2D eigenvalue weighted by molar-refractivity contribution is 7.90. The third-order valence-electron chi connectivity index (χ3n) is 6.39. The van der Waals surface area contributed by atoms with E-state index in [4.69, 9.17) is 35.4 Å². The first-order chi connectivity index (χ1) is 18.9. The number of sulfonamides is 1. The van der Waals surface area contributed by atoms with Gasteiger partial charge in [0.1, 0.15) is 10.7 Å². The number of carbonyl (C=O) groups excluding carboxylic acids is 3. The fourth-order valence-corrected chi connectivity index (χ4v) is 7.20. The maximum absolute atomic E-state index is 14.1. The lowest BCUT2D eigenvalue weighted by atomic mass is 9.95. The van der Waals surface area contributed by atoms with Gasteiger partial charge in [-0.1, -0.05) is 23.2 Å². The fourth-order valence-electron chi connectivity index (χ4n) is 4.49. The summed E-state index contributed by atoms with van der Waals surface area (Å²) in [6.07, 6.45) is -0.204. The molecule has 16 heteroatoms. The van der Waals surface area contributed by atoms with Crippen molar-refractivity contribution in [2.45, 2.75) is 36.6 Å². The number of nitrogens with zero attached hydrogens (tertiary/aromatic N) is 1. The highest BCUT2D eigenvalue weighted by Crippen LogP contribution is 2.40. The van der Waals surface area contributed by atoms with Gasteiger partial charge in [0.15, 0.2) is 10.9 Å². The summed E-state index contributed by atoms with van der Waals surface area (Å²) in [5, 5.41) is 21.1. The molecule has 2 saturated heterocycles. The number of piperidine rings is 2. The van der Waals surface area contributed by atoms with Crippen molar-refractivity contribution in [3.63, 3.8) is 0 Å². The number of phenols is 1. The van der Waals surface area contributed by atoms with Crippen LogP contribution in [0.25, 0.3) is 0 Å². The second kappa shape index (κ2) is 12.1. The second-order valence-electron chi connectivity index (χ2n) is 9.15.